The molecule has 0 saturated heterocycles. The van der Waals surface area contributed by atoms with Gasteiger partial charge in [0.05, 0.1) is 5.69 Å². The number of aryl methyl sites for hydroxylation is 2. The van der Waals surface area contributed by atoms with Crippen LogP contribution in [0.2, 0.25) is 0 Å². The Hall–Kier alpha value is -3.20. The second kappa shape index (κ2) is 6.36. The predicted molar refractivity (Wildman–Crippen MR) is 105 cm³/mol. The first-order valence-electron chi connectivity index (χ1n) is 8.36. The van der Waals surface area contributed by atoms with Crippen molar-refractivity contribution >= 4 is 23.0 Å². The van der Waals surface area contributed by atoms with Crippen LogP contribution in [0.15, 0.2) is 82.8 Å². The third-order valence-corrected chi connectivity index (χ3v) is 4.22. The zero-order chi connectivity index (χ0) is 17.2. The van der Waals surface area contributed by atoms with Gasteiger partial charge in [-0.1, -0.05) is 59.7 Å². The highest BCUT2D eigenvalue weighted by molar-refractivity contribution is 6.26. The van der Waals surface area contributed by atoms with Gasteiger partial charge in [0.2, 0.25) is 0 Å². The number of aliphatic imine (C=N–C) groups is 2. The van der Waals surface area contributed by atoms with E-state index in [9.17, 15) is 0 Å². The lowest BCUT2D eigenvalue weighted by atomic mass is 10.1. The fourth-order valence-electron chi connectivity index (χ4n) is 2.81. The molecule has 1 heterocycles. The first kappa shape index (κ1) is 15.3. The minimum atomic E-state index is 0.745. The van der Waals surface area contributed by atoms with Crippen LogP contribution in [0.3, 0.4) is 0 Å². The Labute approximate surface area is 147 Å². The number of rotatable bonds is 2. The molecule has 0 unspecified atom stereocenters. The average molecular weight is 325 g/mol. The average Bonchev–Trinajstić information content (AvgIpc) is 2.97. The van der Waals surface area contributed by atoms with E-state index in [0.717, 1.165) is 34.2 Å². The van der Waals surface area contributed by atoms with Crippen LogP contribution in [-0.2, 0) is 0 Å². The normalized spacial score (nSPS) is 14.3. The molecule has 1 aliphatic heterocycles. The number of fused-ring (bicyclic) bond motifs is 1. The first-order valence-corrected chi connectivity index (χ1v) is 8.36. The Morgan fingerprint density at radius 2 is 1.32 bits per heavy atom. The summed E-state index contributed by atoms with van der Waals surface area (Å²) in [5.74, 6) is 1.58. The van der Waals surface area contributed by atoms with Gasteiger partial charge in [-0.25, -0.2) is 9.98 Å². The summed E-state index contributed by atoms with van der Waals surface area (Å²) in [4.78, 5) is 9.48. The van der Waals surface area contributed by atoms with Crippen molar-refractivity contribution in [1.82, 2.24) is 0 Å². The third kappa shape index (κ3) is 3.22. The van der Waals surface area contributed by atoms with E-state index in [-0.39, 0.29) is 0 Å². The van der Waals surface area contributed by atoms with Crippen molar-refractivity contribution in [3.05, 3.63) is 95.1 Å². The Morgan fingerprint density at radius 3 is 2.00 bits per heavy atom. The topological polar surface area (TPSA) is 36.8 Å². The quantitative estimate of drug-likeness (QED) is 0.686. The van der Waals surface area contributed by atoms with Gasteiger partial charge < -0.3 is 5.32 Å². The first-order chi connectivity index (χ1) is 12.2. The summed E-state index contributed by atoms with van der Waals surface area (Å²) in [5.41, 5.74) is 6.53. The van der Waals surface area contributed by atoms with Crippen molar-refractivity contribution in [2.24, 2.45) is 9.98 Å². The molecule has 122 valence electrons. The van der Waals surface area contributed by atoms with E-state index in [0.29, 0.717) is 0 Å². The number of nitrogens with zero attached hydrogens (tertiary/aromatic N) is 2. The summed E-state index contributed by atoms with van der Waals surface area (Å²) < 4.78 is 0. The van der Waals surface area contributed by atoms with Gasteiger partial charge in [0.25, 0.3) is 0 Å². The van der Waals surface area contributed by atoms with Gasteiger partial charge in [0, 0.05) is 16.8 Å². The molecule has 25 heavy (non-hydrogen) atoms. The minimum Gasteiger partial charge on any atom is -0.340 e. The van der Waals surface area contributed by atoms with Crippen LogP contribution < -0.4 is 5.32 Å². The molecular weight excluding hydrogens is 306 g/mol. The molecule has 3 heteroatoms. The SMILES string of the molecule is Cc1ccc(N=C2N=C(Nc3ccc(C)cc3)c3ccccc32)cc1. The molecule has 0 atom stereocenters. The van der Waals surface area contributed by atoms with Crippen LogP contribution in [0, 0.1) is 13.8 Å². The Morgan fingerprint density at radius 1 is 0.720 bits per heavy atom. The van der Waals surface area contributed by atoms with Crippen molar-refractivity contribution in [3.63, 3.8) is 0 Å². The van der Waals surface area contributed by atoms with Crippen LogP contribution >= 0.6 is 0 Å². The van der Waals surface area contributed by atoms with Crippen LogP contribution in [0.5, 0.6) is 0 Å². The Bertz CT molecular complexity index is 965. The lowest BCUT2D eigenvalue weighted by Crippen LogP contribution is -2.11. The Balaban J connectivity index is 1.71. The second-order valence-electron chi connectivity index (χ2n) is 6.27. The molecule has 1 N–H and O–H groups in total. The molecule has 0 amide bonds. The molecule has 3 nitrogen and oxygen atoms in total. The van der Waals surface area contributed by atoms with E-state index in [2.05, 4.69) is 67.7 Å². The molecule has 0 aliphatic carbocycles. The monoisotopic (exact) mass is 325 g/mol. The molecule has 1 aliphatic rings. The summed E-state index contributed by atoms with van der Waals surface area (Å²) in [7, 11) is 0. The van der Waals surface area contributed by atoms with Gasteiger partial charge in [-0.3, -0.25) is 0 Å². The molecule has 0 saturated carbocycles. The van der Waals surface area contributed by atoms with Crippen molar-refractivity contribution in [3.8, 4) is 0 Å². The zero-order valence-corrected chi connectivity index (χ0v) is 14.3. The molecular formula is C22H19N3. The van der Waals surface area contributed by atoms with E-state index in [1.807, 2.05) is 24.3 Å². The number of hydrogen-bond donors (Lipinski definition) is 1. The minimum absolute atomic E-state index is 0.745. The van der Waals surface area contributed by atoms with Crippen molar-refractivity contribution in [2.45, 2.75) is 13.8 Å². The predicted octanol–water partition coefficient (Wildman–Crippen LogP) is 5.25. The van der Waals surface area contributed by atoms with Gasteiger partial charge in [0.15, 0.2) is 5.84 Å². The Kier molecular flexibility index (Phi) is 3.90. The fourth-order valence-corrected chi connectivity index (χ4v) is 2.81. The third-order valence-electron chi connectivity index (χ3n) is 4.22. The standard InChI is InChI=1S/C22H19N3/c1-15-7-11-17(12-8-15)23-21-19-5-3-4-6-20(19)22(25-21)24-18-13-9-16(2)10-14-18/h3-14H,1-2H3,(H,23,24,25). The van der Waals surface area contributed by atoms with E-state index in [4.69, 9.17) is 9.98 Å². The molecule has 0 bridgehead atoms. The van der Waals surface area contributed by atoms with Gasteiger partial charge >= 0.3 is 0 Å². The second-order valence-corrected chi connectivity index (χ2v) is 6.27. The fraction of sp³-hybridized carbons (Fsp3) is 0.0909. The molecule has 0 aromatic heterocycles. The molecule has 3 aromatic carbocycles. The molecule has 0 spiro atoms. The highest BCUT2D eigenvalue weighted by Crippen LogP contribution is 2.24. The van der Waals surface area contributed by atoms with Crippen molar-refractivity contribution in [1.29, 1.82) is 0 Å². The van der Waals surface area contributed by atoms with Crippen LogP contribution in [0.1, 0.15) is 22.3 Å². The number of benzene rings is 3. The molecule has 3 aromatic rings. The van der Waals surface area contributed by atoms with Crippen LogP contribution in [0.25, 0.3) is 0 Å². The zero-order valence-electron chi connectivity index (χ0n) is 14.3. The van der Waals surface area contributed by atoms with Gasteiger partial charge in [-0.2, -0.15) is 0 Å². The van der Waals surface area contributed by atoms with E-state index >= 15 is 0 Å². The molecule has 0 fully saturated rings. The maximum atomic E-state index is 4.75. The van der Waals surface area contributed by atoms with Crippen LogP contribution in [-0.4, -0.2) is 11.7 Å². The smallest absolute Gasteiger partial charge is 0.162 e. The summed E-state index contributed by atoms with van der Waals surface area (Å²) in [5, 5.41) is 3.42. The van der Waals surface area contributed by atoms with Crippen molar-refractivity contribution in [2.75, 3.05) is 5.32 Å². The maximum Gasteiger partial charge on any atom is 0.162 e. The number of hydrogen-bond acceptors (Lipinski definition) is 2. The largest absolute Gasteiger partial charge is 0.340 e. The lowest BCUT2D eigenvalue weighted by Gasteiger charge is -2.07. The van der Waals surface area contributed by atoms with E-state index < -0.39 is 0 Å². The summed E-state index contributed by atoms with van der Waals surface area (Å²) in [6, 6.07) is 24.7. The van der Waals surface area contributed by atoms with Gasteiger partial charge in [-0.15, -0.1) is 0 Å². The van der Waals surface area contributed by atoms with Gasteiger partial charge in [0.1, 0.15) is 5.84 Å². The molecule has 0 radical (unpaired) electrons. The summed E-state index contributed by atoms with van der Waals surface area (Å²) >= 11 is 0. The summed E-state index contributed by atoms with van der Waals surface area (Å²) in [6.07, 6.45) is 0. The maximum absolute atomic E-state index is 4.75. The molecule has 4 rings (SSSR count). The highest BCUT2D eigenvalue weighted by atomic mass is 15.1. The van der Waals surface area contributed by atoms with E-state index in [1.54, 1.807) is 0 Å². The van der Waals surface area contributed by atoms with E-state index in [1.165, 1.54) is 11.1 Å². The number of amidine groups is 2. The number of anilines is 1. The summed E-state index contributed by atoms with van der Waals surface area (Å²) in [6.45, 7) is 4.15. The van der Waals surface area contributed by atoms with Crippen molar-refractivity contribution < 1.29 is 0 Å². The van der Waals surface area contributed by atoms with Crippen LogP contribution in [0.4, 0.5) is 11.4 Å². The highest BCUT2D eigenvalue weighted by Gasteiger charge is 2.21. The van der Waals surface area contributed by atoms with Gasteiger partial charge in [-0.05, 0) is 38.1 Å². The number of nitrogens with one attached hydrogen (secondary N) is 1. The lowest BCUT2D eigenvalue weighted by molar-refractivity contribution is 1.42.